The summed E-state index contributed by atoms with van der Waals surface area (Å²) < 4.78 is 5.55. The van der Waals surface area contributed by atoms with E-state index < -0.39 is 6.04 Å². The van der Waals surface area contributed by atoms with Crippen LogP contribution >= 0.6 is 27.5 Å². The van der Waals surface area contributed by atoms with Crippen LogP contribution < -0.4 is 5.32 Å². The molecule has 5 heteroatoms. The van der Waals surface area contributed by atoms with Crippen LogP contribution in [0.3, 0.4) is 0 Å². The lowest BCUT2D eigenvalue weighted by Crippen LogP contribution is -2.34. The topological polar surface area (TPSA) is 38.3 Å². The van der Waals surface area contributed by atoms with Gasteiger partial charge in [0.1, 0.15) is 6.04 Å². The van der Waals surface area contributed by atoms with E-state index in [-0.39, 0.29) is 12.0 Å². The average molecular weight is 321 g/mol. The molecular formula is C12H15BrClNO2. The lowest BCUT2D eigenvalue weighted by atomic mass is 10.1. The Bertz CT molecular complexity index is 409. The molecule has 0 aliphatic rings. The van der Waals surface area contributed by atoms with E-state index >= 15 is 0 Å². The highest BCUT2D eigenvalue weighted by Crippen LogP contribution is 2.26. The van der Waals surface area contributed by atoms with Crippen molar-refractivity contribution in [2.75, 3.05) is 7.11 Å². The van der Waals surface area contributed by atoms with Crippen molar-refractivity contribution in [3.05, 3.63) is 33.3 Å². The maximum atomic E-state index is 11.7. The highest BCUT2D eigenvalue weighted by Gasteiger charge is 2.22. The third-order valence-electron chi connectivity index (χ3n) is 2.21. The summed E-state index contributed by atoms with van der Waals surface area (Å²) in [5.41, 5.74) is 0.821. The Morgan fingerprint density at radius 2 is 2.12 bits per heavy atom. The summed E-state index contributed by atoms with van der Waals surface area (Å²) in [7, 11) is 1.38. The van der Waals surface area contributed by atoms with E-state index in [1.165, 1.54) is 7.11 Å². The van der Waals surface area contributed by atoms with Gasteiger partial charge in [0.2, 0.25) is 0 Å². The van der Waals surface area contributed by atoms with Crippen molar-refractivity contribution in [2.24, 2.45) is 0 Å². The normalized spacial score (nSPS) is 12.6. The number of hydrogen-bond donors (Lipinski definition) is 1. The molecule has 0 aliphatic heterocycles. The van der Waals surface area contributed by atoms with Gasteiger partial charge in [-0.2, -0.15) is 0 Å². The van der Waals surface area contributed by atoms with Crippen molar-refractivity contribution < 1.29 is 9.53 Å². The van der Waals surface area contributed by atoms with Crippen molar-refractivity contribution in [3.8, 4) is 0 Å². The van der Waals surface area contributed by atoms with Crippen LogP contribution in [0.5, 0.6) is 0 Å². The molecule has 1 N–H and O–H groups in total. The molecular weight excluding hydrogens is 305 g/mol. The number of nitrogens with one attached hydrogen (secondary N) is 1. The molecule has 0 fully saturated rings. The molecule has 1 aromatic carbocycles. The number of esters is 1. The highest BCUT2D eigenvalue weighted by atomic mass is 79.9. The molecule has 0 amide bonds. The largest absolute Gasteiger partial charge is 0.468 e. The molecule has 1 rings (SSSR count). The van der Waals surface area contributed by atoms with E-state index in [1.54, 1.807) is 6.07 Å². The molecule has 0 heterocycles. The van der Waals surface area contributed by atoms with Crippen molar-refractivity contribution in [1.29, 1.82) is 0 Å². The predicted molar refractivity (Wildman–Crippen MR) is 72.2 cm³/mol. The number of halogens is 2. The second kappa shape index (κ2) is 6.38. The Hall–Kier alpha value is -0.580. The predicted octanol–water partition coefficient (Wildman–Crippen LogP) is 3.31. The van der Waals surface area contributed by atoms with Crippen molar-refractivity contribution >= 4 is 33.5 Å². The van der Waals surface area contributed by atoms with Gasteiger partial charge in [-0.15, -0.1) is 0 Å². The van der Waals surface area contributed by atoms with Gasteiger partial charge in [0.05, 0.1) is 12.1 Å². The Kier molecular flexibility index (Phi) is 5.43. The lowest BCUT2D eigenvalue weighted by molar-refractivity contribution is -0.143. The van der Waals surface area contributed by atoms with E-state index in [0.29, 0.717) is 5.02 Å². The van der Waals surface area contributed by atoms with E-state index in [9.17, 15) is 4.79 Å². The van der Waals surface area contributed by atoms with Crippen molar-refractivity contribution in [1.82, 2.24) is 5.32 Å². The van der Waals surface area contributed by atoms with Gasteiger partial charge in [0.25, 0.3) is 0 Å². The molecule has 0 bridgehead atoms. The third kappa shape index (κ3) is 3.98. The summed E-state index contributed by atoms with van der Waals surface area (Å²) in [5, 5.41) is 3.77. The Morgan fingerprint density at radius 3 is 2.59 bits per heavy atom. The Labute approximate surface area is 115 Å². The number of carbonyl (C=O) groups is 1. The van der Waals surface area contributed by atoms with E-state index in [2.05, 4.69) is 21.2 Å². The van der Waals surface area contributed by atoms with Gasteiger partial charge in [-0.3, -0.25) is 5.32 Å². The van der Waals surface area contributed by atoms with Gasteiger partial charge in [-0.25, -0.2) is 4.79 Å². The SMILES string of the molecule is COC(=O)C(NC(C)C)c1ccc(Cl)c(Br)c1. The van der Waals surface area contributed by atoms with Gasteiger partial charge < -0.3 is 4.74 Å². The zero-order valence-electron chi connectivity index (χ0n) is 9.96. The average Bonchev–Trinajstić information content (AvgIpc) is 2.28. The van der Waals surface area contributed by atoms with Crippen LogP contribution in [0, 0.1) is 0 Å². The van der Waals surface area contributed by atoms with Crippen LogP contribution in [0.2, 0.25) is 5.02 Å². The van der Waals surface area contributed by atoms with Crippen LogP contribution in [-0.2, 0) is 9.53 Å². The summed E-state index contributed by atoms with van der Waals surface area (Å²) >= 11 is 9.26. The third-order valence-corrected chi connectivity index (χ3v) is 3.43. The van der Waals surface area contributed by atoms with Gasteiger partial charge in [-0.05, 0) is 47.5 Å². The minimum atomic E-state index is -0.478. The molecule has 17 heavy (non-hydrogen) atoms. The number of ether oxygens (including phenoxy) is 1. The van der Waals surface area contributed by atoms with Crippen LogP contribution in [0.1, 0.15) is 25.5 Å². The molecule has 94 valence electrons. The Morgan fingerprint density at radius 1 is 1.47 bits per heavy atom. The first-order valence-corrected chi connectivity index (χ1v) is 6.41. The van der Waals surface area contributed by atoms with E-state index in [0.717, 1.165) is 10.0 Å². The smallest absolute Gasteiger partial charge is 0.327 e. The molecule has 1 unspecified atom stereocenters. The molecule has 0 saturated carbocycles. The zero-order valence-corrected chi connectivity index (χ0v) is 12.3. The van der Waals surface area contributed by atoms with Gasteiger partial charge in [0.15, 0.2) is 0 Å². The summed E-state index contributed by atoms with van der Waals surface area (Å²) in [6.07, 6.45) is 0. The minimum Gasteiger partial charge on any atom is -0.468 e. The second-order valence-corrected chi connectivity index (χ2v) is 5.21. The number of benzene rings is 1. The zero-order chi connectivity index (χ0) is 13.0. The first-order chi connectivity index (χ1) is 7.95. The molecule has 0 saturated heterocycles. The maximum absolute atomic E-state index is 11.7. The molecule has 1 atom stereocenters. The molecule has 0 aliphatic carbocycles. The number of methoxy groups -OCH3 is 1. The molecule has 0 radical (unpaired) electrons. The summed E-state index contributed by atoms with van der Waals surface area (Å²) in [4.78, 5) is 11.7. The molecule has 1 aromatic rings. The monoisotopic (exact) mass is 319 g/mol. The van der Waals surface area contributed by atoms with Crippen LogP contribution in [-0.4, -0.2) is 19.1 Å². The summed E-state index contributed by atoms with van der Waals surface area (Å²) in [5.74, 6) is -0.312. The number of hydrogen-bond acceptors (Lipinski definition) is 3. The maximum Gasteiger partial charge on any atom is 0.327 e. The second-order valence-electron chi connectivity index (χ2n) is 3.95. The molecule has 0 aromatic heterocycles. The minimum absolute atomic E-state index is 0.175. The number of rotatable bonds is 4. The van der Waals surface area contributed by atoms with Crippen LogP contribution in [0.4, 0.5) is 0 Å². The first kappa shape index (κ1) is 14.5. The quantitative estimate of drug-likeness (QED) is 0.865. The lowest BCUT2D eigenvalue weighted by Gasteiger charge is -2.19. The van der Waals surface area contributed by atoms with Crippen molar-refractivity contribution in [3.63, 3.8) is 0 Å². The standard InChI is InChI=1S/C12H15BrClNO2/c1-7(2)15-11(12(16)17-3)8-4-5-10(14)9(13)6-8/h4-7,11,15H,1-3H3. The summed E-state index contributed by atoms with van der Waals surface area (Å²) in [6.45, 7) is 3.95. The summed E-state index contributed by atoms with van der Waals surface area (Å²) in [6, 6.07) is 5.07. The molecule has 0 spiro atoms. The van der Waals surface area contributed by atoms with Gasteiger partial charge >= 0.3 is 5.97 Å². The highest BCUT2D eigenvalue weighted by molar-refractivity contribution is 9.10. The Balaban J connectivity index is 3.03. The van der Waals surface area contributed by atoms with Gasteiger partial charge in [-0.1, -0.05) is 17.7 Å². The first-order valence-electron chi connectivity index (χ1n) is 5.24. The van der Waals surface area contributed by atoms with Crippen LogP contribution in [0.25, 0.3) is 0 Å². The van der Waals surface area contributed by atoms with Crippen molar-refractivity contribution in [2.45, 2.75) is 25.9 Å². The fraction of sp³-hybridized carbons (Fsp3) is 0.417. The molecule has 3 nitrogen and oxygen atoms in total. The fourth-order valence-corrected chi connectivity index (χ4v) is 1.96. The van der Waals surface area contributed by atoms with E-state index in [1.807, 2.05) is 26.0 Å². The fourth-order valence-electron chi connectivity index (χ4n) is 1.44. The van der Waals surface area contributed by atoms with E-state index in [4.69, 9.17) is 16.3 Å². The van der Waals surface area contributed by atoms with Crippen LogP contribution in [0.15, 0.2) is 22.7 Å². The number of carbonyl (C=O) groups excluding carboxylic acids is 1. The van der Waals surface area contributed by atoms with Gasteiger partial charge in [0, 0.05) is 10.5 Å².